The van der Waals surface area contributed by atoms with E-state index in [0.717, 1.165) is 28.1 Å². The van der Waals surface area contributed by atoms with E-state index in [-0.39, 0.29) is 19.1 Å². The summed E-state index contributed by atoms with van der Waals surface area (Å²) in [6.07, 6.45) is 0. The fraction of sp³-hybridized carbons (Fsp3) is 0.214. The number of carbonyl (C=O) groups excluding carboxylic acids is 1. The van der Waals surface area contributed by atoms with Crippen LogP contribution in [0.4, 0.5) is 10.2 Å². The minimum absolute atomic E-state index is 0.148. The number of aryl methyl sites for hydroxylation is 3. The van der Waals surface area contributed by atoms with E-state index in [1.165, 1.54) is 6.07 Å². The molecule has 0 fully saturated rings. The molecule has 0 atom stereocenters. The first-order chi connectivity index (χ1) is 17.2. The van der Waals surface area contributed by atoms with Crippen LogP contribution in [-0.4, -0.2) is 22.8 Å². The van der Waals surface area contributed by atoms with E-state index < -0.39 is 5.82 Å². The zero-order chi connectivity index (χ0) is 25.8. The Morgan fingerprint density at radius 1 is 1.06 bits per heavy atom. The first-order valence-electron chi connectivity index (χ1n) is 11.4. The van der Waals surface area contributed by atoms with E-state index in [0.29, 0.717) is 27.7 Å². The second-order valence-electron chi connectivity index (χ2n) is 8.57. The Morgan fingerprint density at radius 2 is 1.86 bits per heavy atom. The summed E-state index contributed by atoms with van der Waals surface area (Å²) >= 11 is 6.15. The highest BCUT2D eigenvalue weighted by Gasteiger charge is 2.15. The van der Waals surface area contributed by atoms with Gasteiger partial charge in [0, 0.05) is 33.5 Å². The molecule has 0 unspecified atom stereocenters. The molecule has 0 spiro atoms. The van der Waals surface area contributed by atoms with E-state index in [1.807, 2.05) is 39.0 Å². The number of benzene rings is 3. The number of ether oxygens (including phenoxy) is 2. The molecule has 8 heteroatoms. The van der Waals surface area contributed by atoms with Crippen LogP contribution in [0.5, 0.6) is 11.5 Å². The van der Waals surface area contributed by atoms with E-state index in [1.54, 1.807) is 48.2 Å². The van der Waals surface area contributed by atoms with Gasteiger partial charge in [-0.3, -0.25) is 9.48 Å². The van der Waals surface area contributed by atoms with Crippen molar-refractivity contribution in [3.8, 4) is 11.5 Å². The lowest BCUT2D eigenvalue weighted by atomic mass is 10.1. The molecule has 1 N–H and O–H groups in total. The number of anilines is 1. The summed E-state index contributed by atoms with van der Waals surface area (Å²) in [6.45, 7) is 6.21. The number of hydrogen-bond acceptors (Lipinski definition) is 4. The van der Waals surface area contributed by atoms with Gasteiger partial charge in [-0.15, -0.1) is 0 Å². The third kappa shape index (κ3) is 5.69. The summed E-state index contributed by atoms with van der Waals surface area (Å²) in [7, 11) is 1.58. The quantitative estimate of drug-likeness (QED) is 0.296. The maximum absolute atomic E-state index is 14.2. The maximum atomic E-state index is 14.2. The standard InChI is InChI=1S/C28H27ClFN3O3/c1-17-8-9-18(2)26(12-17)36-16-21-14-20(10-11-25(21)35-4)28(34)31-27-13-19(3)33(32-27)15-22-23(29)6-5-7-24(22)30/h5-14H,15-16H2,1-4H3,(H,31,32,34). The number of hydrogen-bond donors (Lipinski definition) is 1. The van der Waals surface area contributed by atoms with Gasteiger partial charge in [0.25, 0.3) is 5.91 Å². The van der Waals surface area contributed by atoms with Crippen molar-refractivity contribution in [2.45, 2.75) is 33.9 Å². The number of carbonyl (C=O) groups is 1. The Morgan fingerprint density at radius 3 is 2.61 bits per heavy atom. The Kier molecular flexibility index (Phi) is 7.60. The van der Waals surface area contributed by atoms with Crippen LogP contribution in [0, 0.1) is 26.6 Å². The molecule has 6 nitrogen and oxygen atoms in total. The first-order valence-corrected chi connectivity index (χ1v) is 11.8. The number of amides is 1. The summed E-state index contributed by atoms with van der Waals surface area (Å²) in [5.41, 5.74) is 4.38. The Bertz CT molecular complexity index is 1400. The van der Waals surface area contributed by atoms with Crippen LogP contribution in [-0.2, 0) is 13.2 Å². The van der Waals surface area contributed by atoms with Crippen molar-refractivity contribution < 1.29 is 18.7 Å². The van der Waals surface area contributed by atoms with E-state index in [2.05, 4.69) is 10.4 Å². The minimum Gasteiger partial charge on any atom is -0.496 e. The normalized spacial score (nSPS) is 10.8. The predicted molar refractivity (Wildman–Crippen MR) is 139 cm³/mol. The van der Waals surface area contributed by atoms with Crippen molar-refractivity contribution in [3.63, 3.8) is 0 Å². The molecule has 0 bridgehead atoms. The molecular weight excluding hydrogens is 481 g/mol. The van der Waals surface area contributed by atoms with Crippen molar-refractivity contribution in [3.05, 3.63) is 105 Å². The van der Waals surface area contributed by atoms with Gasteiger partial charge in [-0.1, -0.05) is 29.8 Å². The van der Waals surface area contributed by atoms with Crippen molar-refractivity contribution in [1.82, 2.24) is 9.78 Å². The fourth-order valence-corrected chi connectivity index (χ4v) is 4.03. The van der Waals surface area contributed by atoms with Crippen LogP contribution in [0.15, 0.2) is 60.7 Å². The van der Waals surface area contributed by atoms with Gasteiger partial charge in [0.1, 0.15) is 23.9 Å². The molecule has 0 saturated carbocycles. The summed E-state index contributed by atoms with van der Waals surface area (Å²) in [5.74, 6) is 1.02. The van der Waals surface area contributed by atoms with Crippen molar-refractivity contribution in [2.24, 2.45) is 0 Å². The maximum Gasteiger partial charge on any atom is 0.256 e. The largest absolute Gasteiger partial charge is 0.496 e. The summed E-state index contributed by atoms with van der Waals surface area (Å²) in [6, 6.07) is 17.4. The molecule has 1 heterocycles. The third-order valence-electron chi connectivity index (χ3n) is 5.86. The molecule has 1 amide bonds. The average Bonchev–Trinajstić information content (AvgIpc) is 3.20. The van der Waals surface area contributed by atoms with Crippen LogP contribution in [0.3, 0.4) is 0 Å². The van der Waals surface area contributed by atoms with Crippen molar-refractivity contribution in [2.75, 3.05) is 12.4 Å². The smallest absolute Gasteiger partial charge is 0.256 e. The first kappa shape index (κ1) is 25.3. The molecular formula is C28H27ClFN3O3. The van der Waals surface area contributed by atoms with Gasteiger partial charge in [-0.2, -0.15) is 5.10 Å². The second kappa shape index (κ2) is 10.8. The van der Waals surface area contributed by atoms with Crippen LogP contribution in [0.2, 0.25) is 5.02 Å². The van der Waals surface area contributed by atoms with Gasteiger partial charge in [-0.05, 0) is 68.3 Å². The molecule has 0 aliphatic carbocycles. The van der Waals surface area contributed by atoms with Crippen LogP contribution < -0.4 is 14.8 Å². The number of rotatable bonds is 8. The van der Waals surface area contributed by atoms with Gasteiger partial charge in [0.2, 0.25) is 0 Å². The van der Waals surface area contributed by atoms with Gasteiger partial charge in [-0.25, -0.2) is 4.39 Å². The lowest BCUT2D eigenvalue weighted by Gasteiger charge is -2.14. The highest BCUT2D eigenvalue weighted by Crippen LogP contribution is 2.26. The molecule has 4 aromatic rings. The van der Waals surface area contributed by atoms with Crippen molar-refractivity contribution >= 4 is 23.3 Å². The Balaban J connectivity index is 1.50. The summed E-state index contributed by atoms with van der Waals surface area (Å²) < 4.78 is 27.3. The van der Waals surface area contributed by atoms with E-state index in [4.69, 9.17) is 21.1 Å². The molecule has 0 aliphatic rings. The molecule has 1 aromatic heterocycles. The fourth-order valence-electron chi connectivity index (χ4n) is 3.80. The molecule has 4 rings (SSSR count). The number of aromatic nitrogens is 2. The average molecular weight is 508 g/mol. The van der Waals surface area contributed by atoms with Crippen LogP contribution in [0.25, 0.3) is 0 Å². The number of nitrogens with one attached hydrogen (secondary N) is 1. The number of nitrogens with zero attached hydrogens (tertiary/aromatic N) is 2. The highest BCUT2D eigenvalue weighted by atomic mass is 35.5. The highest BCUT2D eigenvalue weighted by molar-refractivity contribution is 6.31. The zero-order valence-corrected chi connectivity index (χ0v) is 21.3. The number of methoxy groups -OCH3 is 1. The number of halogens is 2. The molecule has 0 aliphatic heterocycles. The lowest BCUT2D eigenvalue weighted by Crippen LogP contribution is -2.14. The van der Waals surface area contributed by atoms with Crippen molar-refractivity contribution in [1.29, 1.82) is 0 Å². The van der Waals surface area contributed by atoms with Gasteiger partial charge in [0.15, 0.2) is 5.82 Å². The Labute approximate surface area is 214 Å². The van der Waals surface area contributed by atoms with Gasteiger partial charge in [0.05, 0.1) is 13.7 Å². The zero-order valence-electron chi connectivity index (χ0n) is 20.6. The molecule has 3 aromatic carbocycles. The molecule has 36 heavy (non-hydrogen) atoms. The van der Waals surface area contributed by atoms with Crippen LogP contribution in [0.1, 0.15) is 38.3 Å². The topological polar surface area (TPSA) is 65.4 Å². The molecule has 0 saturated heterocycles. The van der Waals surface area contributed by atoms with E-state index >= 15 is 0 Å². The summed E-state index contributed by atoms with van der Waals surface area (Å²) in [5, 5.41) is 7.55. The third-order valence-corrected chi connectivity index (χ3v) is 6.22. The van der Waals surface area contributed by atoms with E-state index in [9.17, 15) is 9.18 Å². The van der Waals surface area contributed by atoms with Gasteiger partial charge < -0.3 is 14.8 Å². The predicted octanol–water partition coefficient (Wildman–Crippen LogP) is 6.49. The monoisotopic (exact) mass is 507 g/mol. The minimum atomic E-state index is -0.406. The molecule has 186 valence electrons. The molecule has 0 radical (unpaired) electrons. The second-order valence-corrected chi connectivity index (χ2v) is 8.97. The van der Waals surface area contributed by atoms with Gasteiger partial charge >= 0.3 is 0 Å². The Hall–Kier alpha value is -3.84. The SMILES string of the molecule is COc1ccc(C(=O)Nc2cc(C)n(Cc3c(F)cccc3Cl)n2)cc1COc1cc(C)ccc1C. The summed E-state index contributed by atoms with van der Waals surface area (Å²) in [4.78, 5) is 13.0. The lowest BCUT2D eigenvalue weighted by molar-refractivity contribution is 0.102. The van der Waals surface area contributed by atoms with Crippen LogP contribution >= 0.6 is 11.6 Å².